The molecule has 0 bridgehead atoms. The van der Waals surface area contributed by atoms with E-state index in [1.165, 1.54) is 6.07 Å². The lowest BCUT2D eigenvalue weighted by atomic mass is 9.87. The normalized spacial score (nSPS) is 17.3. The van der Waals surface area contributed by atoms with Gasteiger partial charge in [-0.15, -0.1) is 9.13 Å². The Labute approximate surface area is 183 Å². The fraction of sp³-hybridized carbons (Fsp3) is 0.0833. The van der Waals surface area contributed by atoms with Crippen molar-refractivity contribution in [3.63, 3.8) is 0 Å². The number of aryl methyl sites for hydroxylation is 1. The fourth-order valence-electron chi connectivity index (χ4n) is 5.14. The molecule has 2 aliphatic rings. The molecule has 1 atom stereocenters. The zero-order valence-corrected chi connectivity index (χ0v) is 16.9. The van der Waals surface area contributed by atoms with Crippen LogP contribution in [-0.4, -0.2) is 9.85 Å². The van der Waals surface area contributed by atoms with Gasteiger partial charge in [-0.05, 0) is 31.2 Å². The third kappa shape index (κ3) is 2.05. The molecule has 0 saturated carbocycles. The van der Waals surface area contributed by atoms with Crippen LogP contribution < -0.4 is 9.13 Å². The van der Waals surface area contributed by atoms with Gasteiger partial charge in [-0.25, -0.2) is 0 Å². The topological polar surface area (TPSA) is 94.0 Å². The molecule has 0 saturated heterocycles. The first kappa shape index (κ1) is 17.2. The summed E-state index contributed by atoms with van der Waals surface area (Å²) >= 11 is 0. The summed E-state index contributed by atoms with van der Waals surface area (Å²) in [7, 11) is 0. The number of rotatable bonds is 2. The number of nitro groups is 2. The Morgan fingerprint density at radius 3 is 2.16 bits per heavy atom. The van der Waals surface area contributed by atoms with Crippen molar-refractivity contribution in [3.8, 4) is 22.5 Å². The van der Waals surface area contributed by atoms with E-state index < -0.39 is 15.5 Å². The Balaban J connectivity index is 1.90. The summed E-state index contributed by atoms with van der Waals surface area (Å²) < 4.78 is 12.7. The summed E-state index contributed by atoms with van der Waals surface area (Å²) in [6, 6.07) is 17.4. The number of nitrogens with zero attached hydrogens (tertiary/aromatic N) is 4. The van der Waals surface area contributed by atoms with Crippen molar-refractivity contribution >= 4 is 11.4 Å². The van der Waals surface area contributed by atoms with Gasteiger partial charge in [0.25, 0.3) is 11.4 Å². The van der Waals surface area contributed by atoms with E-state index in [0.29, 0.717) is 22.4 Å². The maximum absolute atomic E-state index is 12.3. The second kappa shape index (κ2) is 6.04. The van der Waals surface area contributed by atoms with Crippen LogP contribution >= 0.6 is 0 Å². The van der Waals surface area contributed by atoms with Gasteiger partial charge in [-0.2, -0.15) is 0 Å². The summed E-state index contributed by atoms with van der Waals surface area (Å²) in [6.07, 6.45) is 3.65. The SMILES string of the molecule is [3H]c1cc(C)cc2c1C1(c3c(cc([N+](=O)[O-])cc3[N+](=O)[O-])-c3cccc[n+]31)[n+]1ccccc1-2. The smallest absolute Gasteiger partial charge is 0.258 e. The van der Waals surface area contributed by atoms with Crippen LogP contribution in [0.1, 0.15) is 18.1 Å². The quantitative estimate of drug-likeness (QED) is 0.240. The van der Waals surface area contributed by atoms with Crippen molar-refractivity contribution in [2.45, 2.75) is 12.6 Å². The van der Waals surface area contributed by atoms with Crippen molar-refractivity contribution in [2.24, 2.45) is 0 Å². The number of aromatic nitrogens is 2. The maximum Gasteiger partial charge on any atom is 0.424 e. The van der Waals surface area contributed by atoms with Crippen molar-refractivity contribution in [3.05, 3.63) is 116 Å². The zero-order chi connectivity index (χ0) is 23.1. The number of hydrogen-bond donors (Lipinski definition) is 0. The highest BCUT2D eigenvalue weighted by Crippen LogP contribution is 2.51. The fourth-order valence-corrected chi connectivity index (χ4v) is 5.14. The lowest BCUT2D eigenvalue weighted by Crippen LogP contribution is -2.71. The lowest BCUT2D eigenvalue weighted by Gasteiger charge is -2.17. The van der Waals surface area contributed by atoms with Crippen LogP contribution in [0.5, 0.6) is 0 Å². The molecule has 8 heteroatoms. The molecule has 2 aromatic carbocycles. The summed E-state index contributed by atoms with van der Waals surface area (Å²) in [5, 5.41) is 23.9. The van der Waals surface area contributed by atoms with Gasteiger partial charge in [0, 0.05) is 30.3 Å². The third-order valence-electron chi connectivity index (χ3n) is 6.26. The monoisotopic (exact) mass is 426 g/mol. The van der Waals surface area contributed by atoms with E-state index in [-0.39, 0.29) is 17.4 Å². The van der Waals surface area contributed by atoms with Crippen molar-refractivity contribution in [1.29, 1.82) is 0 Å². The molecule has 4 aromatic rings. The molecule has 8 nitrogen and oxygen atoms in total. The zero-order valence-electron chi connectivity index (χ0n) is 17.9. The van der Waals surface area contributed by atoms with E-state index >= 15 is 0 Å². The van der Waals surface area contributed by atoms with Gasteiger partial charge in [-0.1, -0.05) is 11.6 Å². The number of non-ortho nitro benzene ring substituents is 1. The number of fused-ring (bicyclic) bond motifs is 10. The summed E-state index contributed by atoms with van der Waals surface area (Å²) in [5.41, 5.74) is 2.50. The number of nitro benzene ring substituents is 2. The molecule has 0 fully saturated rings. The molecule has 154 valence electrons. The molecule has 2 aromatic heterocycles. The molecule has 32 heavy (non-hydrogen) atoms. The Kier molecular flexibility index (Phi) is 3.25. The number of pyridine rings is 2. The van der Waals surface area contributed by atoms with Gasteiger partial charge in [-0.3, -0.25) is 20.2 Å². The van der Waals surface area contributed by atoms with E-state index in [1.807, 2.05) is 58.8 Å². The molecule has 4 heterocycles. The lowest BCUT2D eigenvalue weighted by molar-refractivity contribution is -0.955. The third-order valence-corrected chi connectivity index (χ3v) is 6.26. The molecule has 2 aliphatic heterocycles. The van der Waals surface area contributed by atoms with E-state index in [9.17, 15) is 20.2 Å². The number of hydrogen-bond acceptors (Lipinski definition) is 4. The average Bonchev–Trinajstić information content (AvgIpc) is 3.25. The van der Waals surface area contributed by atoms with Crippen LogP contribution in [0.3, 0.4) is 0 Å². The molecular weight excluding hydrogens is 408 g/mol. The summed E-state index contributed by atoms with van der Waals surface area (Å²) in [4.78, 5) is 22.7. The van der Waals surface area contributed by atoms with E-state index in [1.54, 1.807) is 18.2 Å². The van der Waals surface area contributed by atoms with Crippen LogP contribution in [0.2, 0.25) is 0 Å². The van der Waals surface area contributed by atoms with Crippen molar-refractivity contribution in [2.75, 3.05) is 0 Å². The molecule has 1 spiro atoms. The van der Waals surface area contributed by atoms with E-state index in [2.05, 4.69) is 0 Å². The predicted molar refractivity (Wildman–Crippen MR) is 114 cm³/mol. The minimum absolute atomic E-state index is 0.247. The van der Waals surface area contributed by atoms with Gasteiger partial charge < -0.3 is 0 Å². The molecular formula is C24H16N4O4+2. The van der Waals surface area contributed by atoms with Gasteiger partial charge in [0.2, 0.25) is 11.4 Å². The Hall–Kier alpha value is -4.46. The van der Waals surface area contributed by atoms with Crippen LogP contribution in [0.4, 0.5) is 11.4 Å². The van der Waals surface area contributed by atoms with Crippen LogP contribution in [0, 0.1) is 27.2 Å². The largest absolute Gasteiger partial charge is 0.424 e. The first-order chi connectivity index (χ1) is 15.9. The van der Waals surface area contributed by atoms with Crippen molar-refractivity contribution in [1.82, 2.24) is 0 Å². The van der Waals surface area contributed by atoms with Crippen LogP contribution in [0.15, 0.2) is 79.1 Å². The second-order valence-electron chi connectivity index (χ2n) is 7.95. The summed E-state index contributed by atoms with van der Waals surface area (Å²) in [5.74, 6) is 0. The molecule has 1 unspecified atom stereocenters. The maximum atomic E-state index is 12.3. The second-order valence-corrected chi connectivity index (χ2v) is 7.95. The van der Waals surface area contributed by atoms with Crippen LogP contribution in [-0.2, 0) is 5.66 Å². The Bertz CT molecular complexity index is 1570. The average molecular weight is 426 g/mol. The van der Waals surface area contributed by atoms with Gasteiger partial charge in [0.1, 0.15) is 5.56 Å². The highest BCUT2D eigenvalue weighted by atomic mass is 16.6. The van der Waals surface area contributed by atoms with Crippen LogP contribution in [0.25, 0.3) is 22.5 Å². The highest BCUT2D eigenvalue weighted by molar-refractivity contribution is 5.79. The predicted octanol–water partition coefficient (Wildman–Crippen LogP) is 3.64. The Morgan fingerprint density at radius 1 is 0.875 bits per heavy atom. The van der Waals surface area contributed by atoms with E-state index in [4.69, 9.17) is 1.37 Å². The minimum atomic E-state index is -1.26. The standard InChI is InChI=1S/C24H16N4O4/c1-15-8-9-19-17(12-15)20-6-2-4-10-25(20)24(19)23-18(21-7-3-5-11-26(21)24)13-16(27(29)30)14-22(23)28(31)32/h2-14H,1H3/q+2/i9T. The minimum Gasteiger partial charge on any atom is -0.258 e. The first-order valence-corrected chi connectivity index (χ1v) is 9.98. The van der Waals surface area contributed by atoms with Gasteiger partial charge >= 0.3 is 5.66 Å². The first-order valence-electron chi connectivity index (χ1n) is 10.5. The molecule has 0 N–H and O–H groups in total. The number of benzene rings is 2. The highest BCUT2D eigenvalue weighted by Gasteiger charge is 2.69. The molecule has 0 aliphatic carbocycles. The molecule has 6 rings (SSSR count). The Morgan fingerprint density at radius 2 is 1.53 bits per heavy atom. The molecule has 0 amide bonds. The van der Waals surface area contributed by atoms with Gasteiger partial charge in [0.05, 0.1) is 28.4 Å². The van der Waals surface area contributed by atoms with E-state index in [0.717, 1.165) is 22.9 Å². The van der Waals surface area contributed by atoms with Gasteiger partial charge in [0.15, 0.2) is 18.0 Å². The van der Waals surface area contributed by atoms with Crippen molar-refractivity contribution < 1.29 is 20.4 Å². The molecule has 0 radical (unpaired) electrons. The summed E-state index contributed by atoms with van der Waals surface area (Å²) in [6.45, 7) is 1.91.